The smallest absolute Gasteiger partial charge is 0.335 e. The van der Waals surface area contributed by atoms with Crippen molar-refractivity contribution >= 4 is 11.9 Å². The minimum atomic E-state index is -1.02. The number of ether oxygens (including phenoxy) is 1. The van der Waals surface area contributed by atoms with Gasteiger partial charge in [0.25, 0.3) is 0 Å². The van der Waals surface area contributed by atoms with Crippen LogP contribution in [0.15, 0.2) is 42.5 Å². The van der Waals surface area contributed by atoms with E-state index in [0.29, 0.717) is 12.4 Å². The van der Waals surface area contributed by atoms with Crippen LogP contribution in [0.2, 0.25) is 0 Å². The number of carboxylic acid groups (broad SMARTS) is 2. The van der Waals surface area contributed by atoms with E-state index in [1.54, 1.807) is 18.2 Å². The summed E-state index contributed by atoms with van der Waals surface area (Å²) in [5.41, 5.74) is 1.82. The summed E-state index contributed by atoms with van der Waals surface area (Å²) in [4.78, 5) is 21.9. The third-order valence-electron chi connectivity index (χ3n) is 2.97. The van der Waals surface area contributed by atoms with Crippen molar-refractivity contribution in [2.75, 3.05) is 6.61 Å². The van der Waals surface area contributed by atoms with Gasteiger partial charge in [-0.3, -0.25) is 0 Å². The molecule has 5 nitrogen and oxygen atoms in total. The number of benzene rings is 2. The van der Waals surface area contributed by atoms with E-state index in [9.17, 15) is 9.59 Å². The zero-order valence-electron chi connectivity index (χ0n) is 11.4. The van der Waals surface area contributed by atoms with Gasteiger partial charge in [0.2, 0.25) is 0 Å². The standard InChI is InChI=1S/C16H14O5/c1-2-21-14-9-12(16(19)20)7-8-13(14)10-3-5-11(6-4-10)15(17)18/h3-9H,2H2,1H3,(H,17,18)(H,19,20). The van der Waals surface area contributed by atoms with Gasteiger partial charge in [0.1, 0.15) is 5.75 Å². The highest BCUT2D eigenvalue weighted by molar-refractivity contribution is 5.90. The van der Waals surface area contributed by atoms with E-state index in [1.807, 2.05) is 6.92 Å². The molecule has 2 aromatic rings. The molecule has 5 heteroatoms. The quantitative estimate of drug-likeness (QED) is 0.882. The van der Waals surface area contributed by atoms with Crippen LogP contribution in [0.5, 0.6) is 5.75 Å². The molecular weight excluding hydrogens is 272 g/mol. The van der Waals surface area contributed by atoms with Gasteiger partial charge in [0.15, 0.2) is 0 Å². The van der Waals surface area contributed by atoms with Crippen molar-refractivity contribution in [3.05, 3.63) is 53.6 Å². The zero-order chi connectivity index (χ0) is 15.4. The summed E-state index contributed by atoms with van der Waals surface area (Å²) in [6, 6.07) is 10.9. The van der Waals surface area contributed by atoms with E-state index >= 15 is 0 Å². The summed E-state index contributed by atoms with van der Waals surface area (Å²) in [7, 11) is 0. The molecule has 2 N–H and O–H groups in total. The van der Waals surface area contributed by atoms with Crippen molar-refractivity contribution in [3.63, 3.8) is 0 Å². The lowest BCUT2D eigenvalue weighted by molar-refractivity contribution is 0.0686. The second kappa shape index (κ2) is 6.09. The molecule has 0 aliphatic rings. The normalized spacial score (nSPS) is 10.1. The maximum atomic E-state index is 11.0. The monoisotopic (exact) mass is 286 g/mol. The number of carbonyl (C=O) groups is 2. The molecule has 0 saturated heterocycles. The minimum absolute atomic E-state index is 0.143. The second-order valence-electron chi connectivity index (χ2n) is 4.33. The van der Waals surface area contributed by atoms with E-state index < -0.39 is 11.9 Å². The van der Waals surface area contributed by atoms with Gasteiger partial charge in [-0.05, 0) is 42.8 Å². The SMILES string of the molecule is CCOc1cc(C(=O)O)ccc1-c1ccc(C(=O)O)cc1. The molecule has 0 amide bonds. The Hall–Kier alpha value is -2.82. The Morgan fingerprint density at radius 2 is 1.52 bits per heavy atom. The van der Waals surface area contributed by atoms with Crippen molar-refractivity contribution in [1.82, 2.24) is 0 Å². The maximum absolute atomic E-state index is 11.0. The summed E-state index contributed by atoms with van der Waals surface area (Å²) >= 11 is 0. The summed E-state index contributed by atoms with van der Waals surface area (Å²) < 4.78 is 5.48. The van der Waals surface area contributed by atoms with Gasteiger partial charge in [-0.15, -0.1) is 0 Å². The molecule has 2 rings (SSSR count). The second-order valence-corrected chi connectivity index (χ2v) is 4.33. The lowest BCUT2D eigenvalue weighted by Gasteiger charge is -2.11. The van der Waals surface area contributed by atoms with Crippen molar-refractivity contribution in [3.8, 4) is 16.9 Å². The van der Waals surface area contributed by atoms with Crippen LogP contribution in [0, 0.1) is 0 Å². The highest BCUT2D eigenvalue weighted by Crippen LogP contribution is 2.31. The van der Waals surface area contributed by atoms with Gasteiger partial charge in [0.05, 0.1) is 17.7 Å². The van der Waals surface area contributed by atoms with Crippen molar-refractivity contribution < 1.29 is 24.5 Å². The minimum Gasteiger partial charge on any atom is -0.493 e. The van der Waals surface area contributed by atoms with Gasteiger partial charge in [0, 0.05) is 5.56 Å². The summed E-state index contributed by atoms with van der Waals surface area (Å²) in [6.45, 7) is 2.22. The van der Waals surface area contributed by atoms with Gasteiger partial charge in [-0.25, -0.2) is 9.59 Å². The molecule has 0 unspecified atom stereocenters. The molecular formula is C16H14O5. The topological polar surface area (TPSA) is 83.8 Å². The predicted octanol–water partition coefficient (Wildman–Crippen LogP) is 3.15. The fraction of sp³-hybridized carbons (Fsp3) is 0.125. The van der Waals surface area contributed by atoms with E-state index in [0.717, 1.165) is 11.1 Å². The van der Waals surface area contributed by atoms with Crippen LogP contribution in [0.4, 0.5) is 0 Å². The van der Waals surface area contributed by atoms with Gasteiger partial charge in [-0.2, -0.15) is 0 Å². The van der Waals surface area contributed by atoms with E-state index in [-0.39, 0.29) is 11.1 Å². The van der Waals surface area contributed by atoms with Crippen LogP contribution in [-0.2, 0) is 0 Å². The highest BCUT2D eigenvalue weighted by Gasteiger charge is 2.11. The largest absolute Gasteiger partial charge is 0.493 e. The third kappa shape index (κ3) is 3.20. The molecule has 0 radical (unpaired) electrons. The van der Waals surface area contributed by atoms with Gasteiger partial charge >= 0.3 is 11.9 Å². The number of hydrogen-bond acceptors (Lipinski definition) is 3. The fourth-order valence-electron chi connectivity index (χ4n) is 1.96. The molecule has 108 valence electrons. The average Bonchev–Trinajstić information content (AvgIpc) is 2.47. The Morgan fingerprint density at radius 1 is 0.952 bits per heavy atom. The first-order valence-electron chi connectivity index (χ1n) is 6.36. The summed E-state index contributed by atoms with van der Waals surface area (Å²) in [6.07, 6.45) is 0. The van der Waals surface area contributed by atoms with E-state index in [4.69, 9.17) is 14.9 Å². The van der Waals surface area contributed by atoms with Crippen molar-refractivity contribution in [2.24, 2.45) is 0 Å². The lowest BCUT2D eigenvalue weighted by Crippen LogP contribution is -2.00. The van der Waals surface area contributed by atoms with E-state index in [1.165, 1.54) is 24.3 Å². The number of carboxylic acids is 2. The molecule has 0 aliphatic heterocycles. The summed E-state index contributed by atoms with van der Waals surface area (Å²) in [5, 5.41) is 17.9. The molecule has 0 aliphatic carbocycles. The van der Waals surface area contributed by atoms with E-state index in [2.05, 4.69) is 0 Å². The number of rotatable bonds is 5. The van der Waals surface area contributed by atoms with Crippen LogP contribution >= 0.6 is 0 Å². The van der Waals surface area contributed by atoms with Crippen molar-refractivity contribution in [1.29, 1.82) is 0 Å². The first-order chi connectivity index (χ1) is 10.0. The third-order valence-corrected chi connectivity index (χ3v) is 2.97. The molecule has 0 spiro atoms. The molecule has 0 fully saturated rings. The van der Waals surface area contributed by atoms with Crippen LogP contribution in [-0.4, -0.2) is 28.8 Å². The van der Waals surface area contributed by atoms with Crippen molar-refractivity contribution in [2.45, 2.75) is 6.92 Å². The van der Waals surface area contributed by atoms with Crippen LogP contribution in [0.1, 0.15) is 27.6 Å². The molecule has 21 heavy (non-hydrogen) atoms. The Balaban J connectivity index is 2.46. The molecule has 0 bridgehead atoms. The Labute approximate surface area is 121 Å². The summed E-state index contributed by atoms with van der Waals surface area (Å²) in [5.74, 6) is -1.56. The van der Waals surface area contributed by atoms with Crippen LogP contribution < -0.4 is 4.74 Å². The zero-order valence-corrected chi connectivity index (χ0v) is 11.4. The molecule has 0 aromatic heterocycles. The number of hydrogen-bond donors (Lipinski definition) is 2. The van der Waals surface area contributed by atoms with Gasteiger partial charge in [-0.1, -0.05) is 12.1 Å². The maximum Gasteiger partial charge on any atom is 0.335 e. The Kier molecular flexibility index (Phi) is 4.23. The predicted molar refractivity (Wildman–Crippen MR) is 77.0 cm³/mol. The molecule has 0 heterocycles. The lowest BCUT2D eigenvalue weighted by atomic mass is 10.0. The molecule has 0 atom stereocenters. The van der Waals surface area contributed by atoms with Gasteiger partial charge < -0.3 is 14.9 Å². The van der Waals surface area contributed by atoms with Crippen LogP contribution in [0.3, 0.4) is 0 Å². The fourth-order valence-corrected chi connectivity index (χ4v) is 1.96. The Bertz CT molecular complexity index is 674. The van der Waals surface area contributed by atoms with Crippen LogP contribution in [0.25, 0.3) is 11.1 Å². The Morgan fingerprint density at radius 3 is 2.05 bits per heavy atom. The first kappa shape index (κ1) is 14.6. The highest BCUT2D eigenvalue weighted by atomic mass is 16.5. The molecule has 0 saturated carbocycles. The molecule has 2 aromatic carbocycles. The first-order valence-corrected chi connectivity index (χ1v) is 6.36. The average molecular weight is 286 g/mol. The number of aromatic carboxylic acids is 2.